The number of hydrogen-bond donors (Lipinski definition) is 2. The number of carboxylic acid groups (broad SMARTS) is 1. The smallest absolute Gasteiger partial charge is 0.318 e. The number of rotatable bonds is 5. The van der Waals surface area contributed by atoms with Crippen LogP contribution >= 0.6 is 0 Å². The van der Waals surface area contributed by atoms with Gasteiger partial charge in [-0.25, -0.2) is 4.79 Å². The molecule has 0 spiro atoms. The van der Waals surface area contributed by atoms with Crippen LogP contribution in [0.25, 0.3) is 0 Å². The Morgan fingerprint density at radius 3 is 2.95 bits per heavy atom. The second-order valence-electron chi connectivity index (χ2n) is 4.48. The molecule has 0 aliphatic carbocycles. The quantitative estimate of drug-likeness (QED) is 0.718. The van der Waals surface area contributed by atoms with Crippen molar-refractivity contribution in [1.82, 2.24) is 10.2 Å². The molecule has 1 aliphatic rings. The summed E-state index contributed by atoms with van der Waals surface area (Å²) in [6, 6.07) is -0.767. The maximum atomic E-state index is 12.1. The molecule has 2 unspecified atom stereocenters. The van der Waals surface area contributed by atoms with Crippen molar-refractivity contribution in [2.75, 3.05) is 19.8 Å². The zero-order chi connectivity index (χ0) is 14.3. The van der Waals surface area contributed by atoms with Crippen molar-refractivity contribution in [2.45, 2.75) is 38.3 Å². The fourth-order valence-electron chi connectivity index (χ4n) is 1.99. The third-order valence-electron chi connectivity index (χ3n) is 3.08. The van der Waals surface area contributed by atoms with Gasteiger partial charge >= 0.3 is 12.0 Å². The third-order valence-corrected chi connectivity index (χ3v) is 3.08. The first kappa shape index (κ1) is 15.3. The van der Waals surface area contributed by atoms with E-state index in [1.165, 1.54) is 4.90 Å². The molecule has 2 amide bonds. The number of morpholine rings is 1. The van der Waals surface area contributed by atoms with Crippen LogP contribution in [-0.2, 0) is 9.53 Å². The Hall–Kier alpha value is -1.74. The highest BCUT2D eigenvalue weighted by Gasteiger charge is 2.29. The van der Waals surface area contributed by atoms with Gasteiger partial charge in [0.15, 0.2) is 0 Å². The van der Waals surface area contributed by atoms with Crippen LogP contribution in [0.5, 0.6) is 0 Å². The Bertz CT molecular complexity index is 364. The minimum absolute atomic E-state index is 0.0779. The van der Waals surface area contributed by atoms with E-state index in [9.17, 15) is 9.59 Å². The van der Waals surface area contributed by atoms with E-state index in [0.29, 0.717) is 19.6 Å². The molecule has 0 aromatic heterocycles. The van der Waals surface area contributed by atoms with Gasteiger partial charge in [0, 0.05) is 19.0 Å². The molecular weight excluding hydrogens is 248 g/mol. The van der Waals surface area contributed by atoms with Crippen molar-refractivity contribution in [2.24, 2.45) is 0 Å². The number of nitrogens with zero attached hydrogens (tertiary/aromatic N) is 1. The molecule has 1 fully saturated rings. The molecule has 1 saturated heterocycles. The lowest BCUT2D eigenvalue weighted by atomic mass is 10.1. The summed E-state index contributed by atoms with van der Waals surface area (Å²) in [5, 5.41) is 11.7. The topological polar surface area (TPSA) is 78.9 Å². The van der Waals surface area contributed by atoms with Gasteiger partial charge in [-0.1, -0.05) is 6.92 Å². The number of hydrogen-bond acceptors (Lipinski definition) is 3. The average Bonchev–Trinajstić information content (AvgIpc) is 2.38. The van der Waals surface area contributed by atoms with Crippen LogP contribution in [0.1, 0.15) is 26.2 Å². The summed E-state index contributed by atoms with van der Waals surface area (Å²) in [6.45, 7) is 3.02. The molecular formula is C13H20N2O4. The van der Waals surface area contributed by atoms with Gasteiger partial charge in [0.05, 0.1) is 25.7 Å². The summed E-state index contributed by atoms with van der Waals surface area (Å²) in [6.07, 6.45) is 6.34. The van der Waals surface area contributed by atoms with Gasteiger partial charge in [-0.2, -0.15) is 0 Å². The van der Waals surface area contributed by atoms with E-state index in [4.69, 9.17) is 16.3 Å². The Balaban J connectivity index is 2.61. The van der Waals surface area contributed by atoms with Crippen molar-refractivity contribution in [3.8, 4) is 12.3 Å². The standard InChI is InChI=1S/C13H20N2O4/c1-3-5-10(4-2)14-13(18)15-6-7-19-9-11(15)8-12(16)17/h1,10-11H,4-9H2,2H3,(H,14,18)(H,16,17). The van der Waals surface area contributed by atoms with Crippen LogP contribution in [0.15, 0.2) is 0 Å². The zero-order valence-corrected chi connectivity index (χ0v) is 11.1. The van der Waals surface area contributed by atoms with Crippen LogP contribution in [-0.4, -0.2) is 53.8 Å². The number of nitrogens with one attached hydrogen (secondary N) is 1. The van der Waals surface area contributed by atoms with Crippen molar-refractivity contribution in [3.05, 3.63) is 0 Å². The lowest BCUT2D eigenvalue weighted by Gasteiger charge is -2.35. The van der Waals surface area contributed by atoms with Gasteiger partial charge in [-0.15, -0.1) is 12.3 Å². The van der Waals surface area contributed by atoms with Crippen LogP contribution in [0.4, 0.5) is 4.79 Å². The average molecular weight is 268 g/mol. The van der Waals surface area contributed by atoms with Gasteiger partial charge in [0.1, 0.15) is 0 Å². The van der Waals surface area contributed by atoms with E-state index in [0.717, 1.165) is 6.42 Å². The van der Waals surface area contributed by atoms with Crippen molar-refractivity contribution < 1.29 is 19.4 Å². The molecule has 0 aromatic rings. The molecule has 1 aliphatic heterocycles. The van der Waals surface area contributed by atoms with E-state index in [2.05, 4.69) is 11.2 Å². The van der Waals surface area contributed by atoms with Crippen LogP contribution in [0.2, 0.25) is 0 Å². The molecule has 106 valence electrons. The van der Waals surface area contributed by atoms with Crippen LogP contribution in [0.3, 0.4) is 0 Å². The number of urea groups is 1. The second-order valence-corrected chi connectivity index (χ2v) is 4.48. The van der Waals surface area contributed by atoms with E-state index in [-0.39, 0.29) is 25.1 Å². The number of amides is 2. The highest BCUT2D eigenvalue weighted by Crippen LogP contribution is 2.11. The largest absolute Gasteiger partial charge is 0.481 e. The molecule has 2 atom stereocenters. The SMILES string of the molecule is C#CCC(CC)NC(=O)N1CCOCC1CC(=O)O. The first-order valence-electron chi connectivity index (χ1n) is 6.38. The fourth-order valence-corrected chi connectivity index (χ4v) is 1.99. The second kappa shape index (κ2) is 7.64. The van der Waals surface area contributed by atoms with Gasteiger partial charge in [-0.3, -0.25) is 4.79 Å². The minimum atomic E-state index is -0.941. The number of carbonyl (C=O) groups is 2. The summed E-state index contributed by atoms with van der Waals surface area (Å²) in [4.78, 5) is 24.4. The number of carbonyl (C=O) groups excluding carboxylic acids is 1. The molecule has 1 rings (SSSR count). The Morgan fingerprint density at radius 2 is 2.37 bits per heavy atom. The van der Waals surface area contributed by atoms with Gasteiger partial charge in [-0.05, 0) is 6.42 Å². The Morgan fingerprint density at radius 1 is 1.63 bits per heavy atom. The fraction of sp³-hybridized carbons (Fsp3) is 0.692. The summed E-state index contributed by atoms with van der Waals surface area (Å²) >= 11 is 0. The number of ether oxygens (including phenoxy) is 1. The molecule has 6 nitrogen and oxygen atoms in total. The monoisotopic (exact) mass is 268 g/mol. The maximum Gasteiger partial charge on any atom is 0.318 e. The first-order valence-corrected chi connectivity index (χ1v) is 6.38. The highest BCUT2D eigenvalue weighted by molar-refractivity contribution is 5.76. The number of carboxylic acids is 1. The molecule has 19 heavy (non-hydrogen) atoms. The Kier molecular flexibility index (Phi) is 6.16. The molecule has 2 N–H and O–H groups in total. The van der Waals surface area contributed by atoms with Crippen LogP contribution < -0.4 is 5.32 Å². The molecule has 1 heterocycles. The maximum absolute atomic E-state index is 12.1. The third kappa shape index (κ3) is 4.79. The normalized spacial score (nSPS) is 20.4. The molecule has 0 aromatic carbocycles. The van der Waals surface area contributed by atoms with E-state index in [1.54, 1.807) is 0 Å². The first-order chi connectivity index (χ1) is 9.08. The van der Waals surface area contributed by atoms with E-state index >= 15 is 0 Å². The van der Waals surface area contributed by atoms with Crippen molar-refractivity contribution in [1.29, 1.82) is 0 Å². The summed E-state index contributed by atoms with van der Waals surface area (Å²) < 4.78 is 5.22. The molecule has 0 bridgehead atoms. The summed E-state index contributed by atoms with van der Waals surface area (Å²) in [5.74, 6) is 1.58. The minimum Gasteiger partial charge on any atom is -0.481 e. The van der Waals surface area contributed by atoms with Crippen molar-refractivity contribution in [3.63, 3.8) is 0 Å². The predicted molar refractivity (Wildman–Crippen MR) is 69.6 cm³/mol. The molecule has 0 radical (unpaired) electrons. The zero-order valence-electron chi connectivity index (χ0n) is 11.1. The molecule has 0 saturated carbocycles. The highest BCUT2D eigenvalue weighted by atomic mass is 16.5. The van der Waals surface area contributed by atoms with Gasteiger partial charge < -0.3 is 20.1 Å². The van der Waals surface area contributed by atoms with Crippen molar-refractivity contribution >= 4 is 12.0 Å². The van der Waals surface area contributed by atoms with Gasteiger partial charge in [0.2, 0.25) is 0 Å². The number of aliphatic carboxylic acids is 1. The van der Waals surface area contributed by atoms with E-state index < -0.39 is 12.0 Å². The number of terminal acetylenes is 1. The lowest BCUT2D eigenvalue weighted by Crippen LogP contribution is -2.54. The van der Waals surface area contributed by atoms with E-state index in [1.807, 2.05) is 6.92 Å². The lowest BCUT2D eigenvalue weighted by molar-refractivity contribution is -0.139. The molecule has 6 heteroatoms. The van der Waals surface area contributed by atoms with Crippen LogP contribution in [0, 0.1) is 12.3 Å². The summed E-state index contributed by atoms with van der Waals surface area (Å²) in [5.41, 5.74) is 0. The Labute approximate surface area is 113 Å². The van der Waals surface area contributed by atoms with Gasteiger partial charge in [0.25, 0.3) is 0 Å². The predicted octanol–water partition coefficient (Wildman–Crippen LogP) is 0.673. The summed E-state index contributed by atoms with van der Waals surface area (Å²) in [7, 11) is 0.